The van der Waals surface area contributed by atoms with Gasteiger partial charge in [-0.25, -0.2) is 0 Å². The molecule has 2 aromatic rings. The van der Waals surface area contributed by atoms with E-state index in [0.29, 0.717) is 13.0 Å². The number of carbonyl (C=O) groups excluding carboxylic acids is 1. The molecule has 156 valence electrons. The van der Waals surface area contributed by atoms with Gasteiger partial charge < -0.3 is 10.1 Å². The third kappa shape index (κ3) is 6.98. The Bertz CT molecular complexity index is 770. The maximum Gasteiger partial charge on any atom is 0.220 e. The standard InChI is InChI=1S/C25H34N2O2/c1-25(2,3)23-11-8-20(9-12-23)10-13-24(28)26-18-21-4-6-22(7-5-21)19-27-14-16-29-17-15-27/h4-9,11-12H,10,13-19H2,1-3H3,(H,26,28). The van der Waals surface area contributed by atoms with Crippen LogP contribution in [0.3, 0.4) is 0 Å². The number of amides is 1. The first-order valence-electron chi connectivity index (χ1n) is 10.6. The summed E-state index contributed by atoms with van der Waals surface area (Å²) in [6.45, 7) is 11.8. The smallest absolute Gasteiger partial charge is 0.220 e. The van der Waals surface area contributed by atoms with E-state index >= 15 is 0 Å². The number of hydrogen-bond acceptors (Lipinski definition) is 3. The Morgan fingerprint density at radius 1 is 0.931 bits per heavy atom. The summed E-state index contributed by atoms with van der Waals surface area (Å²) in [5.74, 6) is 0.0993. The number of morpholine rings is 1. The van der Waals surface area contributed by atoms with Crippen LogP contribution in [0.15, 0.2) is 48.5 Å². The second-order valence-electron chi connectivity index (χ2n) is 8.93. The Balaban J connectivity index is 1.39. The predicted octanol–water partition coefficient (Wildman–Crippen LogP) is 4.07. The monoisotopic (exact) mass is 394 g/mol. The quantitative estimate of drug-likeness (QED) is 0.770. The van der Waals surface area contributed by atoms with Gasteiger partial charge in [-0.05, 0) is 34.1 Å². The fraction of sp³-hybridized carbons (Fsp3) is 0.480. The van der Waals surface area contributed by atoms with Crippen molar-refractivity contribution < 1.29 is 9.53 Å². The highest BCUT2D eigenvalue weighted by Crippen LogP contribution is 2.22. The molecule has 1 amide bonds. The molecule has 1 fully saturated rings. The molecule has 1 N–H and O–H groups in total. The molecule has 29 heavy (non-hydrogen) atoms. The lowest BCUT2D eigenvalue weighted by atomic mass is 9.86. The lowest BCUT2D eigenvalue weighted by Gasteiger charge is -2.26. The van der Waals surface area contributed by atoms with E-state index in [1.807, 2.05) is 0 Å². The summed E-state index contributed by atoms with van der Waals surface area (Å²) < 4.78 is 5.40. The average molecular weight is 395 g/mol. The molecule has 1 aliphatic rings. The SMILES string of the molecule is CC(C)(C)c1ccc(CCC(=O)NCc2ccc(CN3CCOCC3)cc2)cc1. The summed E-state index contributed by atoms with van der Waals surface area (Å²) in [4.78, 5) is 14.6. The van der Waals surface area contributed by atoms with E-state index in [2.05, 4.69) is 79.5 Å². The Morgan fingerprint density at radius 3 is 2.14 bits per heavy atom. The van der Waals surface area contributed by atoms with Gasteiger partial charge in [0.05, 0.1) is 13.2 Å². The zero-order valence-corrected chi connectivity index (χ0v) is 18.0. The summed E-state index contributed by atoms with van der Waals surface area (Å²) in [6, 6.07) is 17.2. The van der Waals surface area contributed by atoms with Gasteiger partial charge in [0, 0.05) is 32.6 Å². The molecule has 0 atom stereocenters. The lowest BCUT2D eigenvalue weighted by Crippen LogP contribution is -2.35. The molecule has 1 saturated heterocycles. The minimum absolute atomic E-state index is 0.0993. The molecule has 0 spiro atoms. The number of ether oxygens (including phenoxy) is 1. The molecule has 0 unspecified atom stereocenters. The summed E-state index contributed by atoms with van der Waals surface area (Å²) in [5, 5.41) is 3.04. The normalized spacial score (nSPS) is 15.3. The van der Waals surface area contributed by atoms with Crippen molar-refractivity contribution in [2.45, 2.75) is 52.1 Å². The summed E-state index contributed by atoms with van der Waals surface area (Å²) in [7, 11) is 0. The van der Waals surface area contributed by atoms with E-state index in [4.69, 9.17) is 4.74 Å². The summed E-state index contributed by atoms with van der Waals surface area (Å²) >= 11 is 0. The number of nitrogens with zero attached hydrogens (tertiary/aromatic N) is 1. The number of hydrogen-bond donors (Lipinski definition) is 1. The molecule has 4 nitrogen and oxygen atoms in total. The van der Waals surface area contributed by atoms with E-state index in [9.17, 15) is 4.79 Å². The van der Waals surface area contributed by atoms with Crippen LogP contribution < -0.4 is 5.32 Å². The van der Waals surface area contributed by atoms with Crippen LogP contribution >= 0.6 is 0 Å². The predicted molar refractivity (Wildman–Crippen MR) is 118 cm³/mol. The molecule has 0 saturated carbocycles. The molecule has 1 heterocycles. The molecule has 2 aromatic carbocycles. The number of carbonyl (C=O) groups is 1. The van der Waals surface area contributed by atoms with Crippen molar-refractivity contribution >= 4 is 5.91 Å². The minimum atomic E-state index is 0.0993. The van der Waals surface area contributed by atoms with Crippen LogP contribution in [0.25, 0.3) is 0 Å². The molecule has 4 heteroatoms. The zero-order chi connectivity index (χ0) is 20.7. The highest BCUT2D eigenvalue weighted by Gasteiger charge is 2.13. The first kappa shape index (κ1) is 21.5. The second kappa shape index (κ2) is 10.0. The van der Waals surface area contributed by atoms with E-state index in [1.165, 1.54) is 16.7 Å². The first-order valence-corrected chi connectivity index (χ1v) is 10.6. The van der Waals surface area contributed by atoms with E-state index < -0.39 is 0 Å². The Hall–Kier alpha value is -2.17. The maximum atomic E-state index is 12.2. The number of benzene rings is 2. The first-order chi connectivity index (χ1) is 13.9. The van der Waals surface area contributed by atoms with Gasteiger partial charge in [-0.1, -0.05) is 69.3 Å². The van der Waals surface area contributed by atoms with Crippen molar-refractivity contribution in [2.75, 3.05) is 26.3 Å². The van der Waals surface area contributed by atoms with Gasteiger partial charge >= 0.3 is 0 Å². The van der Waals surface area contributed by atoms with Crippen molar-refractivity contribution in [3.05, 3.63) is 70.8 Å². The van der Waals surface area contributed by atoms with Crippen molar-refractivity contribution in [1.82, 2.24) is 10.2 Å². The van der Waals surface area contributed by atoms with Gasteiger partial charge in [0.2, 0.25) is 5.91 Å². The average Bonchev–Trinajstić information content (AvgIpc) is 2.72. The van der Waals surface area contributed by atoms with Crippen molar-refractivity contribution in [3.8, 4) is 0 Å². The third-order valence-corrected chi connectivity index (χ3v) is 5.48. The van der Waals surface area contributed by atoms with Crippen molar-refractivity contribution in [2.24, 2.45) is 0 Å². The summed E-state index contributed by atoms with van der Waals surface area (Å²) in [5.41, 5.74) is 5.14. The van der Waals surface area contributed by atoms with E-state index in [-0.39, 0.29) is 11.3 Å². The molecule has 3 rings (SSSR count). The van der Waals surface area contributed by atoms with Gasteiger partial charge in [-0.3, -0.25) is 9.69 Å². The van der Waals surface area contributed by atoms with Crippen LogP contribution in [0.1, 0.15) is 49.4 Å². The van der Waals surface area contributed by atoms with Gasteiger partial charge in [0.1, 0.15) is 0 Å². The topological polar surface area (TPSA) is 41.6 Å². The number of aryl methyl sites for hydroxylation is 1. The highest BCUT2D eigenvalue weighted by atomic mass is 16.5. The van der Waals surface area contributed by atoms with Gasteiger partial charge in [-0.15, -0.1) is 0 Å². The fourth-order valence-corrected chi connectivity index (χ4v) is 3.50. The van der Waals surface area contributed by atoms with E-state index in [0.717, 1.165) is 44.8 Å². The fourth-order valence-electron chi connectivity index (χ4n) is 3.50. The molecule has 1 aliphatic heterocycles. The molecular weight excluding hydrogens is 360 g/mol. The zero-order valence-electron chi connectivity index (χ0n) is 18.0. The van der Waals surface area contributed by atoms with Gasteiger partial charge in [0.15, 0.2) is 0 Å². The third-order valence-electron chi connectivity index (χ3n) is 5.48. The Kier molecular flexibility index (Phi) is 7.45. The summed E-state index contributed by atoms with van der Waals surface area (Å²) in [6.07, 6.45) is 1.29. The molecule has 0 bridgehead atoms. The van der Waals surface area contributed by atoms with Crippen molar-refractivity contribution in [1.29, 1.82) is 0 Å². The molecular formula is C25H34N2O2. The van der Waals surface area contributed by atoms with Gasteiger partial charge in [0.25, 0.3) is 0 Å². The Morgan fingerprint density at radius 2 is 1.52 bits per heavy atom. The van der Waals surface area contributed by atoms with E-state index in [1.54, 1.807) is 0 Å². The van der Waals surface area contributed by atoms with Crippen molar-refractivity contribution in [3.63, 3.8) is 0 Å². The molecule has 0 aliphatic carbocycles. The lowest BCUT2D eigenvalue weighted by molar-refractivity contribution is -0.121. The highest BCUT2D eigenvalue weighted by molar-refractivity contribution is 5.76. The number of rotatable bonds is 7. The largest absolute Gasteiger partial charge is 0.379 e. The van der Waals surface area contributed by atoms with Crippen LogP contribution in [-0.4, -0.2) is 37.1 Å². The maximum absolute atomic E-state index is 12.2. The minimum Gasteiger partial charge on any atom is -0.379 e. The van der Waals surface area contributed by atoms with Crippen LogP contribution in [-0.2, 0) is 34.5 Å². The van der Waals surface area contributed by atoms with Crippen LogP contribution in [0, 0.1) is 0 Å². The van der Waals surface area contributed by atoms with Crippen LogP contribution in [0.4, 0.5) is 0 Å². The Labute approximate surface area is 175 Å². The van der Waals surface area contributed by atoms with Crippen LogP contribution in [0.2, 0.25) is 0 Å². The second-order valence-corrected chi connectivity index (χ2v) is 8.93. The van der Waals surface area contributed by atoms with Gasteiger partial charge in [-0.2, -0.15) is 0 Å². The molecule has 0 radical (unpaired) electrons. The number of nitrogens with one attached hydrogen (secondary N) is 1. The molecule has 0 aromatic heterocycles. The van der Waals surface area contributed by atoms with Crippen LogP contribution in [0.5, 0.6) is 0 Å².